The molecule has 0 saturated carbocycles. The summed E-state index contributed by atoms with van der Waals surface area (Å²) in [5.41, 5.74) is 0.965. The molecular formula is C10H15NO. The zero-order chi connectivity index (χ0) is 9.40. The Hall–Kier alpha value is -1.31. The number of hydrogen-bond donors (Lipinski definition) is 1. The van der Waals surface area contributed by atoms with Gasteiger partial charge < -0.3 is 5.32 Å². The standard InChI is InChI=1S/C10H15NO/c1-4-7-9(5-2)8-11-10(12)6-3/h4-5,7H,1-2,6,8H2,3H3,(H,11,12)/b9-7+. The highest BCUT2D eigenvalue weighted by atomic mass is 16.1. The maximum absolute atomic E-state index is 10.8. The van der Waals surface area contributed by atoms with Gasteiger partial charge in [0.1, 0.15) is 0 Å². The lowest BCUT2D eigenvalue weighted by molar-refractivity contribution is -0.120. The quantitative estimate of drug-likeness (QED) is 0.618. The first kappa shape index (κ1) is 10.7. The summed E-state index contributed by atoms with van der Waals surface area (Å²) in [6, 6.07) is 0. The Morgan fingerprint density at radius 3 is 2.58 bits per heavy atom. The average molecular weight is 165 g/mol. The maximum atomic E-state index is 10.8. The van der Waals surface area contributed by atoms with Crippen molar-refractivity contribution in [1.29, 1.82) is 0 Å². The Morgan fingerprint density at radius 1 is 1.50 bits per heavy atom. The van der Waals surface area contributed by atoms with Crippen LogP contribution < -0.4 is 5.32 Å². The fourth-order valence-electron chi connectivity index (χ4n) is 0.676. The van der Waals surface area contributed by atoms with E-state index in [0.717, 1.165) is 5.57 Å². The van der Waals surface area contributed by atoms with Crippen LogP contribution in [0.2, 0.25) is 0 Å². The molecule has 12 heavy (non-hydrogen) atoms. The summed E-state index contributed by atoms with van der Waals surface area (Å²) in [5.74, 6) is 0.0480. The van der Waals surface area contributed by atoms with E-state index in [1.807, 2.05) is 13.0 Å². The molecule has 66 valence electrons. The van der Waals surface area contributed by atoms with Crippen LogP contribution in [-0.4, -0.2) is 12.5 Å². The van der Waals surface area contributed by atoms with Crippen LogP contribution in [0.15, 0.2) is 37.0 Å². The number of hydrogen-bond acceptors (Lipinski definition) is 1. The molecule has 0 atom stereocenters. The van der Waals surface area contributed by atoms with Gasteiger partial charge in [-0.15, -0.1) is 0 Å². The SMILES string of the molecule is C=C/C=C(\C=C)CNC(=O)CC. The number of carbonyl (C=O) groups excluding carboxylic acids is 1. The lowest BCUT2D eigenvalue weighted by Crippen LogP contribution is -2.23. The van der Waals surface area contributed by atoms with E-state index in [1.165, 1.54) is 0 Å². The Bertz CT molecular complexity index is 204. The summed E-state index contributed by atoms with van der Waals surface area (Å²) >= 11 is 0. The lowest BCUT2D eigenvalue weighted by Gasteiger charge is -2.02. The number of rotatable bonds is 5. The Kier molecular flexibility index (Phi) is 5.70. The summed E-state index contributed by atoms with van der Waals surface area (Å²) in [5, 5.41) is 2.74. The Morgan fingerprint density at radius 2 is 2.17 bits per heavy atom. The van der Waals surface area contributed by atoms with Crippen molar-refractivity contribution in [2.24, 2.45) is 0 Å². The minimum absolute atomic E-state index is 0.0480. The van der Waals surface area contributed by atoms with Crippen molar-refractivity contribution in [2.75, 3.05) is 6.54 Å². The predicted molar refractivity (Wildman–Crippen MR) is 51.8 cm³/mol. The zero-order valence-electron chi connectivity index (χ0n) is 7.47. The summed E-state index contributed by atoms with van der Waals surface area (Å²) < 4.78 is 0. The maximum Gasteiger partial charge on any atom is 0.219 e. The monoisotopic (exact) mass is 165 g/mol. The second-order valence-corrected chi connectivity index (χ2v) is 2.31. The van der Waals surface area contributed by atoms with Crippen LogP contribution in [0.5, 0.6) is 0 Å². The second kappa shape index (κ2) is 6.40. The third-order valence-corrected chi connectivity index (χ3v) is 1.40. The second-order valence-electron chi connectivity index (χ2n) is 2.31. The number of allylic oxidation sites excluding steroid dienone is 2. The van der Waals surface area contributed by atoms with E-state index < -0.39 is 0 Å². The van der Waals surface area contributed by atoms with Gasteiger partial charge in [-0.1, -0.05) is 38.3 Å². The molecule has 0 unspecified atom stereocenters. The van der Waals surface area contributed by atoms with Gasteiger partial charge in [0.25, 0.3) is 0 Å². The largest absolute Gasteiger partial charge is 0.352 e. The van der Waals surface area contributed by atoms with Crippen molar-refractivity contribution in [2.45, 2.75) is 13.3 Å². The third kappa shape index (κ3) is 4.50. The van der Waals surface area contributed by atoms with E-state index in [-0.39, 0.29) is 5.91 Å². The molecule has 0 bridgehead atoms. The van der Waals surface area contributed by atoms with Crippen molar-refractivity contribution in [3.8, 4) is 0 Å². The number of nitrogens with one attached hydrogen (secondary N) is 1. The van der Waals surface area contributed by atoms with Crippen molar-refractivity contribution >= 4 is 5.91 Å². The van der Waals surface area contributed by atoms with E-state index in [4.69, 9.17) is 0 Å². The summed E-state index contributed by atoms with van der Waals surface area (Å²) in [6.07, 6.45) is 5.72. The van der Waals surface area contributed by atoms with Gasteiger partial charge in [-0.05, 0) is 5.57 Å². The van der Waals surface area contributed by atoms with E-state index >= 15 is 0 Å². The van der Waals surface area contributed by atoms with Gasteiger partial charge in [-0.2, -0.15) is 0 Å². The molecule has 0 spiro atoms. The van der Waals surface area contributed by atoms with Crippen LogP contribution in [-0.2, 0) is 4.79 Å². The lowest BCUT2D eigenvalue weighted by atomic mass is 10.2. The topological polar surface area (TPSA) is 29.1 Å². The molecule has 2 nitrogen and oxygen atoms in total. The number of carbonyl (C=O) groups is 1. The van der Waals surface area contributed by atoms with Crippen molar-refractivity contribution < 1.29 is 4.79 Å². The first-order valence-corrected chi connectivity index (χ1v) is 3.95. The molecule has 0 heterocycles. The van der Waals surface area contributed by atoms with Gasteiger partial charge in [-0.25, -0.2) is 0 Å². The fraction of sp³-hybridized carbons (Fsp3) is 0.300. The van der Waals surface area contributed by atoms with Gasteiger partial charge in [-0.3, -0.25) is 4.79 Å². The minimum Gasteiger partial charge on any atom is -0.352 e. The number of amides is 1. The van der Waals surface area contributed by atoms with Crippen molar-refractivity contribution in [1.82, 2.24) is 5.32 Å². The highest BCUT2D eigenvalue weighted by Gasteiger charge is 1.95. The average Bonchev–Trinajstić information content (AvgIpc) is 2.11. The molecule has 0 aliphatic rings. The van der Waals surface area contributed by atoms with Crippen LogP contribution in [0.25, 0.3) is 0 Å². The zero-order valence-corrected chi connectivity index (χ0v) is 7.47. The van der Waals surface area contributed by atoms with E-state index in [1.54, 1.807) is 12.2 Å². The van der Waals surface area contributed by atoms with Gasteiger partial charge in [0.2, 0.25) is 5.91 Å². The fourth-order valence-corrected chi connectivity index (χ4v) is 0.676. The molecule has 0 saturated heterocycles. The van der Waals surface area contributed by atoms with Gasteiger partial charge >= 0.3 is 0 Å². The van der Waals surface area contributed by atoms with Crippen LogP contribution in [0.3, 0.4) is 0 Å². The molecule has 0 aromatic heterocycles. The highest BCUT2D eigenvalue weighted by molar-refractivity contribution is 5.75. The molecule has 0 aliphatic carbocycles. The molecule has 0 rings (SSSR count). The summed E-state index contributed by atoms with van der Waals surface area (Å²) in [4.78, 5) is 10.8. The van der Waals surface area contributed by atoms with E-state index in [2.05, 4.69) is 18.5 Å². The first-order valence-electron chi connectivity index (χ1n) is 3.95. The Labute approximate surface area is 73.7 Å². The van der Waals surface area contributed by atoms with Crippen molar-refractivity contribution in [3.05, 3.63) is 37.0 Å². The van der Waals surface area contributed by atoms with Gasteiger partial charge in [0, 0.05) is 13.0 Å². The van der Waals surface area contributed by atoms with E-state index in [9.17, 15) is 4.79 Å². The molecular weight excluding hydrogens is 150 g/mol. The van der Waals surface area contributed by atoms with Crippen molar-refractivity contribution in [3.63, 3.8) is 0 Å². The summed E-state index contributed by atoms with van der Waals surface area (Å²) in [6.45, 7) is 9.52. The molecule has 0 fully saturated rings. The smallest absolute Gasteiger partial charge is 0.219 e. The van der Waals surface area contributed by atoms with Crippen LogP contribution in [0.4, 0.5) is 0 Å². The van der Waals surface area contributed by atoms with Gasteiger partial charge in [0.05, 0.1) is 0 Å². The normalized spacial score (nSPS) is 10.6. The molecule has 0 aromatic rings. The third-order valence-electron chi connectivity index (χ3n) is 1.40. The van der Waals surface area contributed by atoms with E-state index in [0.29, 0.717) is 13.0 Å². The van der Waals surface area contributed by atoms with Crippen LogP contribution in [0, 0.1) is 0 Å². The molecule has 2 heteroatoms. The van der Waals surface area contributed by atoms with Crippen LogP contribution >= 0.6 is 0 Å². The van der Waals surface area contributed by atoms with Crippen LogP contribution in [0.1, 0.15) is 13.3 Å². The highest BCUT2D eigenvalue weighted by Crippen LogP contribution is 1.93. The molecule has 1 amide bonds. The predicted octanol–water partition coefficient (Wildman–Crippen LogP) is 1.81. The minimum atomic E-state index is 0.0480. The van der Waals surface area contributed by atoms with Gasteiger partial charge in [0.15, 0.2) is 0 Å². The molecule has 1 N–H and O–H groups in total. The summed E-state index contributed by atoms with van der Waals surface area (Å²) in [7, 11) is 0. The molecule has 0 radical (unpaired) electrons. The Balaban J connectivity index is 3.88. The molecule has 0 aromatic carbocycles. The molecule has 0 aliphatic heterocycles. The first-order chi connectivity index (χ1) is 5.74.